The van der Waals surface area contributed by atoms with Crippen LogP contribution >= 0.6 is 0 Å². The molecule has 1 fully saturated rings. The molecule has 0 aromatic heterocycles. The van der Waals surface area contributed by atoms with Crippen LogP contribution in [0.5, 0.6) is 5.75 Å². The molecule has 0 saturated heterocycles. The molecule has 4 heteroatoms. The van der Waals surface area contributed by atoms with Crippen molar-refractivity contribution in [2.75, 3.05) is 18.2 Å². The number of benzene rings is 1. The van der Waals surface area contributed by atoms with Crippen LogP contribution in [0.3, 0.4) is 0 Å². The number of nitrogens with one attached hydrogen (secondary N) is 1. The Balaban J connectivity index is 2.00. The van der Waals surface area contributed by atoms with Crippen LogP contribution in [0.4, 0.5) is 11.4 Å². The summed E-state index contributed by atoms with van der Waals surface area (Å²) in [6, 6.07) is 6.30. The van der Waals surface area contributed by atoms with Gasteiger partial charge in [-0.3, -0.25) is 0 Å². The van der Waals surface area contributed by atoms with Crippen molar-refractivity contribution in [1.29, 1.82) is 0 Å². The van der Waals surface area contributed by atoms with E-state index in [1.807, 2.05) is 32.0 Å². The molecule has 18 heavy (non-hydrogen) atoms. The predicted octanol–water partition coefficient (Wildman–Crippen LogP) is 2.65. The fraction of sp³-hybridized carbons (Fsp3) is 0.571. The van der Waals surface area contributed by atoms with E-state index < -0.39 is 0 Å². The number of rotatable bonds is 5. The van der Waals surface area contributed by atoms with E-state index >= 15 is 0 Å². The number of nitrogens with two attached hydrogens (primary N) is 1. The summed E-state index contributed by atoms with van der Waals surface area (Å²) in [5.41, 5.74) is 7.75. The van der Waals surface area contributed by atoms with E-state index in [4.69, 9.17) is 15.2 Å². The van der Waals surface area contributed by atoms with Gasteiger partial charge >= 0.3 is 0 Å². The molecule has 1 aromatic rings. The SMILES string of the molecule is COC1CC(Nc2cccc(OC(C)C)c2N)C1. The first-order valence-electron chi connectivity index (χ1n) is 6.44. The molecular weight excluding hydrogens is 228 g/mol. The minimum atomic E-state index is 0.129. The van der Waals surface area contributed by atoms with Crippen LogP contribution in [-0.4, -0.2) is 25.4 Å². The zero-order valence-electron chi connectivity index (χ0n) is 11.3. The molecule has 1 saturated carbocycles. The number of anilines is 2. The summed E-state index contributed by atoms with van der Waals surface area (Å²) >= 11 is 0. The van der Waals surface area contributed by atoms with Crippen molar-refractivity contribution in [2.24, 2.45) is 0 Å². The third-order valence-electron chi connectivity index (χ3n) is 3.22. The van der Waals surface area contributed by atoms with Gasteiger partial charge in [-0.2, -0.15) is 0 Å². The van der Waals surface area contributed by atoms with E-state index in [1.165, 1.54) is 0 Å². The van der Waals surface area contributed by atoms with Gasteiger partial charge in [0, 0.05) is 13.2 Å². The van der Waals surface area contributed by atoms with Gasteiger partial charge in [0.25, 0.3) is 0 Å². The Morgan fingerprint density at radius 2 is 2.06 bits per heavy atom. The number of hydrogen-bond acceptors (Lipinski definition) is 4. The second-order valence-electron chi connectivity index (χ2n) is 5.05. The van der Waals surface area contributed by atoms with E-state index in [2.05, 4.69) is 5.32 Å². The van der Waals surface area contributed by atoms with Gasteiger partial charge in [-0.1, -0.05) is 6.07 Å². The summed E-state index contributed by atoms with van der Waals surface area (Å²) in [4.78, 5) is 0. The molecule has 1 aliphatic carbocycles. The molecule has 0 atom stereocenters. The van der Waals surface area contributed by atoms with Crippen molar-refractivity contribution < 1.29 is 9.47 Å². The molecule has 0 bridgehead atoms. The summed E-state index contributed by atoms with van der Waals surface area (Å²) in [6.07, 6.45) is 2.58. The highest BCUT2D eigenvalue weighted by Gasteiger charge is 2.29. The molecule has 4 nitrogen and oxygen atoms in total. The van der Waals surface area contributed by atoms with Crippen LogP contribution < -0.4 is 15.8 Å². The average Bonchev–Trinajstić information content (AvgIpc) is 2.27. The molecule has 0 spiro atoms. The topological polar surface area (TPSA) is 56.5 Å². The van der Waals surface area contributed by atoms with Gasteiger partial charge in [-0.15, -0.1) is 0 Å². The van der Waals surface area contributed by atoms with Crippen LogP contribution in [0.1, 0.15) is 26.7 Å². The smallest absolute Gasteiger partial charge is 0.144 e. The second-order valence-corrected chi connectivity index (χ2v) is 5.05. The lowest BCUT2D eigenvalue weighted by atomic mass is 9.89. The Morgan fingerprint density at radius 1 is 1.33 bits per heavy atom. The fourth-order valence-electron chi connectivity index (χ4n) is 2.12. The zero-order valence-corrected chi connectivity index (χ0v) is 11.3. The average molecular weight is 250 g/mol. The van der Waals surface area contributed by atoms with Crippen LogP contribution in [0, 0.1) is 0 Å². The quantitative estimate of drug-likeness (QED) is 0.789. The Labute approximate surface area is 108 Å². The lowest BCUT2D eigenvalue weighted by molar-refractivity contribution is 0.0329. The van der Waals surface area contributed by atoms with Crippen molar-refractivity contribution in [3.63, 3.8) is 0 Å². The first-order chi connectivity index (χ1) is 8.60. The molecule has 1 aliphatic rings. The van der Waals surface area contributed by atoms with Gasteiger partial charge in [-0.05, 0) is 38.8 Å². The lowest BCUT2D eigenvalue weighted by Gasteiger charge is -2.35. The summed E-state index contributed by atoms with van der Waals surface area (Å²) in [7, 11) is 1.76. The Kier molecular flexibility index (Phi) is 3.97. The van der Waals surface area contributed by atoms with E-state index in [0.29, 0.717) is 17.8 Å². The highest BCUT2D eigenvalue weighted by atomic mass is 16.5. The largest absolute Gasteiger partial charge is 0.489 e. The molecule has 0 amide bonds. The summed E-state index contributed by atoms with van der Waals surface area (Å²) in [5, 5.41) is 3.44. The Hall–Kier alpha value is -1.42. The summed E-state index contributed by atoms with van der Waals surface area (Å²) < 4.78 is 10.9. The Bertz CT molecular complexity index is 401. The summed E-state index contributed by atoms with van der Waals surface area (Å²) in [6.45, 7) is 3.99. The molecule has 1 aromatic carbocycles. The highest BCUT2D eigenvalue weighted by molar-refractivity contribution is 5.73. The van der Waals surface area contributed by atoms with Gasteiger partial charge in [0.05, 0.1) is 23.6 Å². The van der Waals surface area contributed by atoms with Gasteiger partial charge in [0.15, 0.2) is 0 Å². The number of ether oxygens (including phenoxy) is 2. The standard InChI is InChI=1S/C14H22N2O2/c1-9(2)18-13-6-4-5-12(14(13)15)16-10-7-11(8-10)17-3/h4-6,9-11,16H,7-8,15H2,1-3H3. The number of nitrogen functional groups attached to an aromatic ring is 1. The minimum absolute atomic E-state index is 0.129. The van der Waals surface area contributed by atoms with E-state index in [1.54, 1.807) is 7.11 Å². The van der Waals surface area contributed by atoms with Crippen molar-refractivity contribution in [3.05, 3.63) is 18.2 Å². The van der Waals surface area contributed by atoms with Crippen molar-refractivity contribution in [1.82, 2.24) is 0 Å². The van der Waals surface area contributed by atoms with Crippen molar-refractivity contribution >= 4 is 11.4 Å². The lowest BCUT2D eigenvalue weighted by Crippen LogP contribution is -2.40. The van der Waals surface area contributed by atoms with Crippen molar-refractivity contribution in [2.45, 2.75) is 44.9 Å². The number of methoxy groups -OCH3 is 1. The summed E-state index contributed by atoms with van der Waals surface area (Å²) in [5.74, 6) is 0.748. The van der Waals surface area contributed by atoms with Gasteiger partial charge in [-0.25, -0.2) is 0 Å². The molecular formula is C14H22N2O2. The van der Waals surface area contributed by atoms with Crippen LogP contribution in [0.2, 0.25) is 0 Å². The third kappa shape index (κ3) is 2.88. The molecule has 0 radical (unpaired) electrons. The number of para-hydroxylation sites is 1. The maximum Gasteiger partial charge on any atom is 0.144 e. The molecule has 0 aliphatic heterocycles. The van der Waals surface area contributed by atoms with Crippen molar-refractivity contribution in [3.8, 4) is 5.75 Å². The van der Waals surface area contributed by atoms with Crippen LogP contribution in [-0.2, 0) is 4.74 Å². The molecule has 0 heterocycles. The highest BCUT2D eigenvalue weighted by Crippen LogP contribution is 2.33. The zero-order chi connectivity index (χ0) is 13.1. The van der Waals surface area contributed by atoms with Gasteiger partial charge in [0.2, 0.25) is 0 Å². The Morgan fingerprint density at radius 3 is 2.67 bits per heavy atom. The second kappa shape index (κ2) is 5.48. The first kappa shape index (κ1) is 13.0. The van der Waals surface area contributed by atoms with Crippen LogP contribution in [0.25, 0.3) is 0 Å². The molecule has 2 rings (SSSR count). The first-order valence-corrected chi connectivity index (χ1v) is 6.44. The minimum Gasteiger partial charge on any atom is -0.489 e. The predicted molar refractivity (Wildman–Crippen MR) is 74.1 cm³/mol. The van der Waals surface area contributed by atoms with E-state index in [9.17, 15) is 0 Å². The van der Waals surface area contributed by atoms with E-state index in [-0.39, 0.29) is 6.10 Å². The molecule has 3 N–H and O–H groups in total. The number of hydrogen-bond donors (Lipinski definition) is 2. The van der Waals surface area contributed by atoms with Crippen LogP contribution in [0.15, 0.2) is 18.2 Å². The third-order valence-corrected chi connectivity index (χ3v) is 3.22. The fourth-order valence-corrected chi connectivity index (χ4v) is 2.12. The monoisotopic (exact) mass is 250 g/mol. The molecule has 0 unspecified atom stereocenters. The molecule has 100 valence electrons. The maximum atomic E-state index is 6.11. The van der Waals surface area contributed by atoms with E-state index in [0.717, 1.165) is 24.3 Å². The van der Waals surface area contributed by atoms with Gasteiger partial charge in [0.1, 0.15) is 5.75 Å². The maximum absolute atomic E-state index is 6.11. The normalized spacial score (nSPS) is 22.7. The van der Waals surface area contributed by atoms with Gasteiger partial charge < -0.3 is 20.5 Å².